The Hall–Kier alpha value is -1.60. The molecule has 0 amide bonds. The first-order chi connectivity index (χ1) is 8.36. The maximum Gasteiger partial charge on any atom is 0.144 e. The molecule has 2 rings (SSSR count). The molecule has 0 aliphatic heterocycles. The quantitative estimate of drug-likeness (QED) is 0.837. The summed E-state index contributed by atoms with van der Waals surface area (Å²) in [7, 11) is 0. The minimum Gasteiger partial charge on any atom is -0.392 e. The van der Waals surface area contributed by atoms with Crippen LogP contribution in [0.15, 0.2) is 6.07 Å². The lowest BCUT2D eigenvalue weighted by Crippen LogP contribution is -2.57. The molecular formula is C14H19N3O. The van der Waals surface area contributed by atoms with E-state index >= 15 is 0 Å². The molecule has 1 heterocycles. The second-order valence-electron chi connectivity index (χ2n) is 5.69. The number of pyridine rings is 1. The average molecular weight is 245 g/mol. The second kappa shape index (κ2) is 4.25. The number of nitriles is 1. The van der Waals surface area contributed by atoms with E-state index in [9.17, 15) is 10.4 Å². The Morgan fingerprint density at radius 3 is 2.67 bits per heavy atom. The van der Waals surface area contributed by atoms with Crippen molar-refractivity contribution in [2.24, 2.45) is 5.41 Å². The molecule has 2 unspecified atom stereocenters. The summed E-state index contributed by atoms with van der Waals surface area (Å²) in [6.45, 7) is 7.88. The lowest BCUT2D eigenvalue weighted by Gasteiger charge is -2.49. The van der Waals surface area contributed by atoms with Crippen LogP contribution < -0.4 is 5.32 Å². The number of nitrogens with one attached hydrogen (secondary N) is 1. The van der Waals surface area contributed by atoms with Crippen LogP contribution in [0.5, 0.6) is 0 Å². The molecule has 0 radical (unpaired) electrons. The zero-order chi connectivity index (χ0) is 13.5. The van der Waals surface area contributed by atoms with Crippen LogP contribution in [0.25, 0.3) is 0 Å². The number of hydrogen-bond donors (Lipinski definition) is 2. The molecule has 2 atom stereocenters. The van der Waals surface area contributed by atoms with E-state index in [0.29, 0.717) is 17.8 Å². The molecule has 18 heavy (non-hydrogen) atoms. The van der Waals surface area contributed by atoms with Crippen molar-refractivity contribution in [1.82, 2.24) is 4.98 Å². The van der Waals surface area contributed by atoms with Crippen LogP contribution in [0.2, 0.25) is 0 Å². The van der Waals surface area contributed by atoms with E-state index in [0.717, 1.165) is 11.3 Å². The van der Waals surface area contributed by atoms with Gasteiger partial charge in [0.1, 0.15) is 11.9 Å². The standard InChI is InChI=1S/C14H19N3O/c1-8-5-9(2)16-13(10(8)7-15)17-11-6-12(18)14(11,3)4/h5,11-12,18H,6H2,1-4H3,(H,16,17). The maximum absolute atomic E-state index is 9.73. The molecule has 1 aliphatic rings. The van der Waals surface area contributed by atoms with E-state index in [1.807, 2.05) is 33.8 Å². The van der Waals surface area contributed by atoms with Gasteiger partial charge in [-0.3, -0.25) is 0 Å². The molecule has 4 nitrogen and oxygen atoms in total. The van der Waals surface area contributed by atoms with Crippen molar-refractivity contribution in [3.05, 3.63) is 22.9 Å². The van der Waals surface area contributed by atoms with E-state index in [4.69, 9.17) is 0 Å². The van der Waals surface area contributed by atoms with E-state index in [2.05, 4.69) is 16.4 Å². The van der Waals surface area contributed by atoms with Gasteiger partial charge in [0.05, 0.1) is 11.7 Å². The van der Waals surface area contributed by atoms with Crippen molar-refractivity contribution >= 4 is 5.82 Å². The van der Waals surface area contributed by atoms with Crippen LogP contribution >= 0.6 is 0 Å². The summed E-state index contributed by atoms with van der Waals surface area (Å²) in [6.07, 6.45) is 0.415. The van der Waals surface area contributed by atoms with Gasteiger partial charge >= 0.3 is 0 Å². The first kappa shape index (κ1) is 12.8. The Labute approximate surface area is 108 Å². The first-order valence-electron chi connectivity index (χ1n) is 6.19. The van der Waals surface area contributed by atoms with Gasteiger partial charge in [0.25, 0.3) is 0 Å². The van der Waals surface area contributed by atoms with Crippen LogP contribution in [0, 0.1) is 30.6 Å². The minimum atomic E-state index is -0.286. The van der Waals surface area contributed by atoms with E-state index in [1.165, 1.54) is 0 Å². The number of aromatic nitrogens is 1. The molecular weight excluding hydrogens is 226 g/mol. The van der Waals surface area contributed by atoms with Crippen molar-refractivity contribution in [2.75, 3.05) is 5.32 Å². The maximum atomic E-state index is 9.73. The number of nitrogens with zero attached hydrogens (tertiary/aromatic N) is 2. The lowest BCUT2D eigenvalue weighted by molar-refractivity contribution is -0.0511. The van der Waals surface area contributed by atoms with Gasteiger partial charge in [-0.15, -0.1) is 0 Å². The normalized spacial score (nSPS) is 25.1. The third-order valence-electron chi connectivity index (χ3n) is 3.98. The van der Waals surface area contributed by atoms with Crippen LogP contribution in [-0.2, 0) is 0 Å². The molecule has 1 saturated carbocycles. The molecule has 96 valence electrons. The molecule has 1 aromatic heterocycles. The van der Waals surface area contributed by atoms with Crippen LogP contribution in [0.1, 0.15) is 37.1 Å². The largest absolute Gasteiger partial charge is 0.392 e. The molecule has 1 aromatic rings. The number of anilines is 1. The predicted octanol–water partition coefficient (Wildman–Crippen LogP) is 2.14. The van der Waals surface area contributed by atoms with Gasteiger partial charge in [-0.25, -0.2) is 4.98 Å². The van der Waals surface area contributed by atoms with Gasteiger partial charge in [0, 0.05) is 17.2 Å². The fourth-order valence-electron chi connectivity index (χ4n) is 2.39. The van der Waals surface area contributed by atoms with Crippen molar-refractivity contribution in [3.63, 3.8) is 0 Å². The number of aryl methyl sites for hydroxylation is 2. The van der Waals surface area contributed by atoms with Crippen LogP contribution in [0.3, 0.4) is 0 Å². The van der Waals surface area contributed by atoms with Crippen molar-refractivity contribution < 1.29 is 5.11 Å². The van der Waals surface area contributed by atoms with E-state index < -0.39 is 0 Å². The van der Waals surface area contributed by atoms with Crippen LogP contribution in [-0.4, -0.2) is 22.2 Å². The topological polar surface area (TPSA) is 68.9 Å². The molecule has 1 fully saturated rings. The Morgan fingerprint density at radius 1 is 1.50 bits per heavy atom. The third-order valence-corrected chi connectivity index (χ3v) is 3.98. The zero-order valence-corrected chi connectivity index (χ0v) is 11.3. The van der Waals surface area contributed by atoms with Gasteiger partial charge in [0.15, 0.2) is 0 Å². The smallest absolute Gasteiger partial charge is 0.144 e. The molecule has 0 aromatic carbocycles. The highest BCUT2D eigenvalue weighted by Gasteiger charge is 2.47. The fourth-order valence-corrected chi connectivity index (χ4v) is 2.39. The van der Waals surface area contributed by atoms with Gasteiger partial charge in [-0.2, -0.15) is 5.26 Å². The van der Waals surface area contributed by atoms with Crippen LogP contribution in [0.4, 0.5) is 5.82 Å². The summed E-state index contributed by atoms with van der Waals surface area (Å²) in [4.78, 5) is 4.40. The summed E-state index contributed by atoms with van der Waals surface area (Å²) >= 11 is 0. The number of aliphatic hydroxyl groups excluding tert-OH is 1. The van der Waals surface area contributed by atoms with Crippen molar-refractivity contribution in [3.8, 4) is 6.07 Å². The summed E-state index contributed by atoms with van der Waals surface area (Å²) in [5.74, 6) is 0.639. The molecule has 1 aliphatic carbocycles. The van der Waals surface area contributed by atoms with Gasteiger partial charge in [-0.1, -0.05) is 13.8 Å². The monoisotopic (exact) mass is 245 g/mol. The SMILES string of the molecule is Cc1cc(C)c(C#N)c(NC2CC(O)C2(C)C)n1. The number of hydrogen-bond acceptors (Lipinski definition) is 4. The highest BCUT2D eigenvalue weighted by molar-refractivity contribution is 5.57. The van der Waals surface area contributed by atoms with Gasteiger partial charge in [-0.05, 0) is 31.9 Å². The highest BCUT2D eigenvalue weighted by atomic mass is 16.3. The first-order valence-corrected chi connectivity index (χ1v) is 6.19. The predicted molar refractivity (Wildman–Crippen MR) is 70.2 cm³/mol. The summed E-state index contributed by atoms with van der Waals surface area (Å²) in [5.41, 5.74) is 2.25. The van der Waals surface area contributed by atoms with Gasteiger partial charge < -0.3 is 10.4 Å². The summed E-state index contributed by atoms with van der Waals surface area (Å²) in [6, 6.07) is 4.26. The molecule has 4 heteroatoms. The summed E-state index contributed by atoms with van der Waals surface area (Å²) in [5, 5.41) is 22.2. The Morgan fingerprint density at radius 2 is 2.17 bits per heavy atom. The average Bonchev–Trinajstić information content (AvgIpc) is 2.28. The Balaban J connectivity index is 2.28. The van der Waals surface area contributed by atoms with E-state index in [-0.39, 0.29) is 17.6 Å². The lowest BCUT2D eigenvalue weighted by atomic mass is 9.64. The highest BCUT2D eigenvalue weighted by Crippen LogP contribution is 2.42. The number of aliphatic hydroxyl groups is 1. The molecule has 0 bridgehead atoms. The fraction of sp³-hybridized carbons (Fsp3) is 0.571. The molecule has 2 N–H and O–H groups in total. The van der Waals surface area contributed by atoms with Crippen molar-refractivity contribution in [1.29, 1.82) is 5.26 Å². The van der Waals surface area contributed by atoms with Gasteiger partial charge in [0.2, 0.25) is 0 Å². The number of rotatable bonds is 2. The van der Waals surface area contributed by atoms with Crippen molar-refractivity contribution in [2.45, 2.75) is 46.3 Å². The van der Waals surface area contributed by atoms with E-state index in [1.54, 1.807) is 0 Å². The minimum absolute atomic E-state index is 0.160. The Bertz CT molecular complexity index is 517. The third kappa shape index (κ3) is 1.95. The Kier molecular flexibility index (Phi) is 3.04. The zero-order valence-electron chi connectivity index (χ0n) is 11.3. The second-order valence-corrected chi connectivity index (χ2v) is 5.69. The molecule has 0 saturated heterocycles. The summed E-state index contributed by atoms with van der Waals surface area (Å²) < 4.78 is 0. The molecule has 0 spiro atoms.